The topological polar surface area (TPSA) is 44.7 Å². The number of hydrogen-bond acceptors (Lipinski definition) is 4. The quantitative estimate of drug-likeness (QED) is 0.859. The van der Waals surface area contributed by atoms with Crippen molar-refractivity contribution in [1.82, 2.24) is 10.3 Å². The van der Waals surface area contributed by atoms with E-state index in [1.54, 1.807) is 11.1 Å². The Morgan fingerprint density at radius 3 is 2.83 bits per heavy atom. The SMILES string of the molecule is C[C@H]1SC2=NNC(c3ccc(Cl)cc3)=CN2C1=O. The third-order valence-electron chi connectivity index (χ3n) is 2.76. The molecule has 2 aliphatic heterocycles. The number of hydrogen-bond donors (Lipinski definition) is 1. The summed E-state index contributed by atoms with van der Waals surface area (Å²) < 4.78 is 0. The Morgan fingerprint density at radius 1 is 1.39 bits per heavy atom. The lowest BCUT2D eigenvalue weighted by Crippen LogP contribution is -2.31. The summed E-state index contributed by atoms with van der Waals surface area (Å²) in [4.78, 5) is 13.5. The molecule has 0 radical (unpaired) electrons. The molecule has 1 amide bonds. The number of fused-ring (bicyclic) bond motifs is 1. The summed E-state index contributed by atoms with van der Waals surface area (Å²) in [7, 11) is 0. The number of amidine groups is 1. The van der Waals surface area contributed by atoms with Crippen LogP contribution in [0, 0.1) is 0 Å². The van der Waals surface area contributed by atoms with E-state index < -0.39 is 0 Å². The summed E-state index contributed by atoms with van der Waals surface area (Å²) in [6.07, 6.45) is 1.78. The average Bonchev–Trinajstić information content (AvgIpc) is 2.66. The van der Waals surface area contributed by atoms with Crippen LogP contribution in [0.1, 0.15) is 12.5 Å². The Labute approximate surface area is 114 Å². The molecule has 6 heteroatoms. The molecule has 2 heterocycles. The summed E-state index contributed by atoms with van der Waals surface area (Å²) in [6.45, 7) is 1.88. The van der Waals surface area contributed by atoms with Crippen LogP contribution in [0.15, 0.2) is 35.6 Å². The molecule has 4 nitrogen and oxygen atoms in total. The van der Waals surface area contributed by atoms with Crippen molar-refractivity contribution in [3.05, 3.63) is 41.1 Å². The number of halogens is 1. The van der Waals surface area contributed by atoms with Crippen LogP contribution in [0.3, 0.4) is 0 Å². The monoisotopic (exact) mass is 279 g/mol. The van der Waals surface area contributed by atoms with Gasteiger partial charge in [0.2, 0.25) is 5.91 Å². The van der Waals surface area contributed by atoms with Crippen molar-refractivity contribution in [2.45, 2.75) is 12.2 Å². The van der Waals surface area contributed by atoms with E-state index in [9.17, 15) is 4.79 Å². The fraction of sp³-hybridized carbons (Fsp3) is 0.167. The Bertz CT molecular complexity index is 567. The highest BCUT2D eigenvalue weighted by Gasteiger charge is 2.36. The maximum absolute atomic E-state index is 11.9. The smallest absolute Gasteiger partial charge is 0.246 e. The molecule has 3 rings (SSSR count). The second-order valence-electron chi connectivity index (χ2n) is 4.02. The van der Waals surface area contributed by atoms with Crippen molar-refractivity contribution >= 4 is 40.1 Å². The van der Waals surface area contributed by atoms with Gasteiger partial charge < -0.3 is 0 Å². The number of benzene rings is 1. The van der Waals surface area contributed by atoms with Gasteiger partial charge in [0.15, 0.2) is 5.17 Å². The largest absolute Gasteiger partial charge is 0.274 e. The zero-order valence-corrected chi connectivity index (χ0v) is 11.1. The molecule has 1 N–H and O–H groups in total. The van der Waals surface area contributed by atoms with Gasteiger partial charge in [-0.1, -0.05) is 35.5 Å². The normalized spacial score (nSPS) is 22.2. The van der Waals surface area contributed by atoms with Crippen LogP contribution in [0.2, 0.25) is 5.02 Å². The molecule has 1 saturated heterocycles. The van der Waals surface area contributed by atoms with Gasteiger partial charge in [0, 0.05) is 16.8 Å². The van der Waals surface area contributed by atoms with E-state index in [2.05, 4.69) is 10.5 Å². The second kappa shape index (κ2) is 4.33. The minimum atomic E-state index is -0.0774. The minimum absolute atomic E-state index is 0.0618. The molecule has 2 aliphatic rings. The van der Waals surface area contributed by atoms with Gasteiger partial charge in [0.05, 0.1) is 10.9 Å². The highest BCUT2D eigenvalue weighted by Crippen LogP contribution is 2.30. The third-order valence-corrected chi connectivity index (χ3v) is 4.06. The van der Waals surface area contributed by atoms with Crippen LogP contribution >= 0.6 is 23.4 Å². The molecular weight excluding hydrogens is 270 g/mol. The molecule has 1 aromatic carbocycles. The summed E-state index contributed by atoms with van der Waals surface area (Å²) in [5.74, 6) is 0.0618. The maximum Gasteiger partial charge on any atom is 0.246 e. The van der Waals surface area contributed by atoms with Crippen molar-refractivity contribution in [2.24, 2.45) is 5.10 Å². The molecule has 18 heavy (non-hydrogen) atoms. The number of nitrogens with zero attached hydrogens (tertiary/aromatic N) is 2. The van der Waals surface area contributed by atoms with Crippen molar-refractivity contribution < 1.29 is 4.79 Å². The molecule has 0 saturated carbocycles. The van der Waals surface area contributed by atoms with Gasteiger partial charge in [0.1, 0.15) is 0 Å². The van der Waals surface area contributed by atoms with Gasteiger partial charge in [-0.15, -0.1) is 5.10 Å². The second-order valence-corrected chi connectivity index (χ2v) is 5.77. The van der Waals surface area contributed by atoms with E-state index >= 15 is 0 Å². The number of rotatable bonds is 1. The number of hydrazone groups is 1. The van der Waals surface area contributed by atoms with Crippen molar-refractivity contribution in [3.63, 3.8) is 0 Å². The van der Waals surface area contributed by atoms with Gasteiger partial charge in [-0.05, 0) is 19.1 Å². The molecule has 0 spiro atoms. The molecule has 0 aromatic heterocycles. The zero-order valence-electron chi connectivity index (χ0n) is 9.55. The van der Waals surface area contributed by atoms with Gasteiger partial charge in [-0.2, -0.15) is 0 Å². The van der Waals surface area contributed by atoms with E-state index in [1.165, 1.54) is 11.8 Å². The Morgan fingerprint density at radius 2 is 2.11 bits per heavy atom. The van der Waals surface area contributed by atoms with Crippen LogP contribution < -0.4 is 5.43 Å². The standard InChI is InChI=1S/C12H10ClN3OS/c1-7-11(17)16-6-10(14-15-12(16)18-7)8-2-4-9(13)5-3-8/h2-7,14H,1H3/t7-/m1/s1. The minimum Gasteiger partial charge on any atom is -0.274 e. The number of nitrogens with one attached hydrogen (secondary N) is 1. The Balaban J connectivity index is 1.93. The van der Waals surface area contributed by atoms with Crippen LogP contribution in [-0.2, 0) is 4.79 Å². The van der Waals surface area contributed by atoms with E-state index in [1.807, 2.05) is 31.2 Å². The number of amides is 1. The van der Waals surface area contributed by atoms with Crippen molar-refractivity contribution in [2.75, 3.05) is 0 Å². The first kappa shape index (κ1) is 11.6. The predicted molar refractivity (Wildman–Crippen MR) is 73.9 cm³/mol. The lowest BCUT2D eigenvalue weighted by Gasteiger charge is -2.19. The molecule has 0 aliphatic carbocycles. The van der Waals surface area contributed by atoms with Crippen LogP contribution in [-0.4, -0.2) is 21.2 Å². The zero-order chi connectivity index (χ0) is 12.7. The number of carbonyl (C=O) groups is 1. The van der Waals surface area contributed by atoms with Crippen molar-refractivity contribution in [1.29, 1.82) is 0 Å². The molecule has 1 atom stereocenters. The molecular formula is C12H10ClN3OS. The molecule has 1 aromatic rings. The number of carbonyl (C=O) groups excluding carboxylic acids is 1. The van der Waals surface area contributed by atoms with Gasteiger partial charge >= 0.3 is 0 Å². The van der Waals surface area contributed by atoms with Crippen LogP contribution in [0.4, 0.5) is 0 Å². The molecule has 1 fully saturated rings. The summed E-state index contributed by atoms with van der Waals surface area (Å²) in [5.41, 5.74) is 4.69. The third kappa shape index (κ3) is 1.89. The summed E-state index contributed by atoms with van der Waals surface area (Å²) in [5, 5.41) is 5.51. The van der Waals surface area contributed by atoms with E-state index in [-0.39, 0.29) is 11.2 Å². The molecule has 0 unspecified atom stereocenters. The highest BCUT2D eigenvalue weighted by molar-refractivity contribution is 8.15. The van der Waals surface area contributed by atoms with E-state index in [0.29, 0.717) is 10.2 Å². The lowest BCUT2D eigenvalue weighted by atomic mass is 10.1. The average molecular weight is 280 g/mol. The molecule has 0 bridgehead atoms. The van der Waals surface area contributed by atoms with E-state index in [4.69, 9.17) is 11.6 Å². The van der Waals surface area contributed by atoms with Gasteiger partial charge in [-0.25, -0.2) is 0 Å². The highest BCUT2D eigenvalue weighted by atomic mass is 35.5. The molecule has 92 valence electrons. The van der Waals surface area contributed by atoms with Gasteiger partial charge in [0.25, 0.3) is 0 Å². The lowest BCUT2D eigenvalue weighted by molar-refractivity contribution is -0.124. The van der Waals surface area contributed by atoms with Crippen LogP contribution in [0.25, 0.3) is 5.70 Å². The Hall–Kier alpha value is -1.46. The predicted octanol–water partition coefficient (Wildman–Crippen LogP) is 2.48. The fourth-order valence-electron chi connectivity index (χ4n) is 1.79. The fourth-order valence-corrected chi connectivity index (χ4v) is 2.80. The van der Waals surface area contributed by atoms with Crippen LogP contribution in [0.5, 0.6) is 0 Å². The maximum atomic E-state index is 11.9. The van der Waals surface area contributed by atoms with Gasteiger partial charge in [-0.3, -0.25) is 15.1 Å². The Kier molecular flexibility index (Phi) is 2.80. The first-order chi connectivity index (χ1) is 8.65. The summed E-state index contributed by atoms with van der Waals surface area (Å²) >= 11 is 7.30. The first-order valence-electron chi connectivity index (χ1n) is 5.46. The van der Waals surface area contributed by atoms with E-state index in [0.717, 1.165) is 11.3 Å². The number of thioether (sulfide) groups is 1. The van der Waals surface area contributed by atoms with Crippen molar-refractivity contribution in [3.8, 4) is 0 Å². The first-order valence-corrected chi connectivity index (χ1v) is 6.72. The summed E-state index contributed by atoms with van der Waals surface area (Å²) in [6, 6.07) is 7.39.